The van der Waals surface area contributed by atoms with E-state index < -0.39 is 28.0 Å². The number of aromatic nitrogens is 19. The number of ether oxygens (including phenoxy) is 3. The Morgan fingerprint density at radius 3 is 2.02 bits per heavy atom. The number of carbonyl (C=O) groups is 2. The Bertz CT molecular complexity index is 4710. The first-order valence-corrected chi connectivity index (χ1v) is 38.1. The molecular formula is C58H68ClN21O6S2Si2. The van der Waals surface area contributed by atoms with E-state index in [2.05, 4.69) is 110 Å². The van der Waals surface area contributed by atoms with Crippen LogP contribution in [0, 0.1) is 5.41 Å². The molecule has 13 heterocycles. The maximum atomic E-state index is 13.2. The van der Waals surface area contributed by atoms with Gasteiger partial charge in [0.05, 0.1) is 92.7 Å². The number of rotatable bonds is 20. The van der Waals surface area contributed by atoms with Gasteiger partial charge in [-0.1, -0.05) is 39.3 Å². The summed E-state index contributed by atoms with van der Waals surface area (Å²) in [5.41, 5.74) is 14.6. The van der Waals surface area contributed by atoms with Crippen LogP contribution in [0.1, 0.15) is 59.3 Å². The van der Waals surface area contributed by atoms with Crippen LogP contribution >= 0.6 is 34.3 Å². The topological polar surface area (TPSA) is 343 Å². The molecule has 32 heteroatoms. The number of hydrogen-bond acceptors (Lipinski definition) is 20. The number of H-pyrrole nitrogens is 3. The summed E-state index contributed by atoms with van der Waals surface area (Å²) >= 11 is 8.90. The van der Waals surface area contributed by atoms with Crippen molar-refractivity contribution in [1.29, 1.82) is 5.41 Å². The minimum atomic E-state index is -1.08. The highest BCUT2D eigenvalue weighted by Gasteiger charge is 2.23. The number of alkyl halides is 1. The molecule has 0 atom stereocenters. The second-order valence-electron chi connectivity index (χ2n) is 23.3. The van der Waals surface area contributed by atoms with Crippen molar-refractivity contribution in [3.63, 3.8) is 0 Å². The molecular weight excluding hydrogens is 1240 g/mol. The van der Waals surface area contributed by atoms with Gasteiger partial charge in [0.2, 0.25) is 0 Å². The van der Waals surface area contributed by atoms with Crippen molar-refractivity contribution in [1.82, 2.24) is 94.0 Å². The number of pyridine rings is 3. The van der Waals surface area contributed by atoms with E-state index in [9.17, 15) is 14.4 Å². The molecule has 6 N–H and O–H groups in total. The first-order valence-electron chi connectivity index (χ1n) is 28.5. The molecule has 90 heavy (non-hydrogen) atoms. The van der Waals surface area contributed by atoms with Crippen LogP contribution < -0.4 is 11.3 Å². The smallest absolute Gasteiger partial charge is 0.357 e. The van der Waals surface area contributed by atoms with Crippen LogP contribution in [0.5, 0.6) is 0 Å². The summed E-state index contributed by atoms with van der Waals surface area (Å²) < 4.78 is 26.4. The molecule has 13 rings (SSSR count). The Kier molecular flexibility index (Phi) is 19.8. The van der Waals surface area contributed by atoms with Crippen LogP contribution in [-0.4, -0.2) is 149 Å². The third-order valence-electron chi connectivity index (χ3n) is 14.4. The number of nitrogens with two attached hydrogens (primary N) is 1. The standard InChI is InChI=1S/C19H15N9OS.C18H26N6O2SSi.C13H20ClN3OSi.C8H7N3O2/c1-27-16-12(17-18(27)24-15(30-17)6-10-2-5-21-25-10)8-23-28(19(16)29)9-14-11-7-22-26-13(11)3-4-20-14;1-23-15(17(20)25)13(10-19)16-18(23)21-14(27-16)9-12-5-6-24(22-12)11-26-7-8-28(2,3)4;1-19(2,3)7-6-18-10-17-13-4-5-15-12(8-14)11(13)9-16-17;1-13-8(12)7-5-4-10-11-6(5)2-3-9-7/h2-5,7-8H,6,9H2,1H3,(H,21,25)(H,22,26);5-6,10,19H,7-9,11H2,1-4H3,(H2,20,25);4-5,9H,6-8,10H2,1-3H3;2-4H,1H3,(H,10,11). The molecule has 0 spiro atoms. The first kappa shape index (κ1) is 64.0. The van der Waals surface area contributed by atoms with Gasteiger partial charge in [-0.2, -0.15) is 30.6 Å². The summed E-state index contributed by atoms with van der Waals surface area (Å²) in [7, 11) is 2.82. The zero-order valence-electron chi connectivity index (χ0n) is 51.1. The lowest BCUT2D eigenvalue weighted by atomic mass is 10.2. The molecule has 0 aliphatic heterocycles. The molecule has 0 aromatic carbocycles. The molecule has 0 saturated heterocycles. The molecule has 0 unspecified atom stereocenters. The Hall–Kier alpha value is -8.99. The van der Waals surface area contributed by atoms with Crippen LogP contribution in [0.15, 0.2) is 90.9 Å². The van der Waals surface area contributed by atoms with Gasteiger partial charge in [0.25, 0.3) is 11.5 Å². The number of thiazole rings is 2. The molecule has 27 nitrogen and oxygen atoms in total. The van der Waals surface area contributed by atoms with Crippen molar-refractivity contribution in [2.24, 2.45) is 19.8 Å². The Balaban J connectivity index is 0.000000138. The number of halogens is 1. The van der Waals surface area contributed by atoms with Gasteiger partial charge in [-0.05, 0) is 42.4 Å². The lowest BCUT2D eigenvalue weighted by molar-refractivity contribution is 0.0596. The van der Waals surface area contributed by atoms with Gasteiger partial charge in [0, 0.05) is 121 Å². The average Bonchev–Trinajstić information content (AvgIpc) is 1.66. The van der Waals surface area contributed by atoms with E-state index in [4.69, 9.17) is 37.2 Å². The second kappa shape index (κ2) is 27.8. The third kappa shape index (κ3) is 14.7. The number of nitrogens with zero attached hydrogens (tertiary/aromatic N) is 16. The van der Waals surface area contributed by atoms with E-state index >= 15 is 0 Å². The van der Waals surface area contributed by atoms with Crippen LogP contribution in [0.25, 0.3) is 64.3 Å². The van der Waals surface area contributed by atoms with Crippen molar-refractivity contribution in [2.45, 2.75) is 90.1 Å². The van der Waals surface area contributed by atoms with E-state index in [0.717, 1.165) is 106 Å². The first-order chi connectivity index (χ1) is 43.2. The Morgan fingerprint density at radius 2 is 1.34 bits per heavy atom. The van der Waals surface area contributed by atoms with Gasteiger partial charge < -0.3 is 34.5 Å². The molecule has 0 aliphatic rings. The fourth-order valence-electron chi connectivity index (χ4n) is 9.61. The zero-order valence-corrected chi connectivity index (χ0v) is 55.5. The number of aromatic amines is 3. The van der Waals surface area contributed by atoms with Crippen LogP contribution in [0.3, 0.4) is 0 Å². The number of methoxy groups -OCH3 is 1. The number of primary amides is 1. The number of esters is 1. The molecule has 0 fully saturated rings. The van der Waals surface area contributed by atoms with E-state index in [1.54, 1.807) is 70.9 Å². The minimum absolute atomic E-state index is 0.169. The number of nitrogens with one attached hydrogen (secondary N) is 4. The summed E-state index contributed by atoms with van der Waals surface area (Å²) in [6.07, 6.45) is 17.9. The Morgan fingerprint density at radius 1 is 0.711 bits per heavy atom. The van der Waals surface area contributed by atoms with E-state index in [1.165, 1.54) is 35.4 Å². The van der Waals surface area contributed by atoms with Crippen molar-refractivity contribution >= 4 is 133 Å². The summed E-state index contributed by atoms with van der Waals surface area (Å²) in [4.78, 5) is 58.0. The summed E-state index contributed by atoms with van der Waals surface area (Å²) in [5.74, 6) is -0.605. The predicted molar refractivity (Wildman–Crippen MR) is 353 cm³/mol. The van der Waals surface area contributed by atoms with Gasteiger partial charge in [-0.15, -0.1) is 34.3 Å². The predicted octanol–water partition coefficient (Wildman–Crippen LogP) is 9.04. The van der Waals surface area contributed by atoms with Crippen LogP contribution in [-0.2, 0) is 67.0 Å². The fourth-order valence-corrected chi connectivity index (χ4v) is 13.6. The SMILES string of the molecule is COC(=O)c1nccc2[nH]ncc12.C[Si](C)(C)CCOCn1ncc2c(CCl)nccc21.Cn1c(C(N)=O)c(C=N)c2sc(Cc3ccn(COCC[Si](C)(C)C)n3)nc21.Cn1c2nc(Cc3ccn[nH]3)sc2c2cnn(Cc3nccc4[nH]ncc34)c(=O)c21. The maximum Gasteiger partial charge on any atom is 0.357 e. The largest absolute Gasteiger partial charge is 0.464 e. The van der Waals surface area contributed by atoms with E-state index in [0.29, 0.717) is 60.0 Å². The van der Waals surface area contributed by atoms with Crippen LogP contribution in [0.4, 0.5) is 0 Å². The molecule has 0 radical (unpaired) electrons. The monoisotopic (exact) mass is 1310 g/mol. The summed E-state index contributed by atoms with van der Waals surface area (Å²) in [6.45, 7) is 16.8. The molecule has 1 amide bonds. The molecule has 0 bridgehead atoms. The molecule has 0 aliphatic carbocycles. The van der Waals surface area contributed by atoms with Gasteiger partial charge in [-0.25, -0.2) is 33.8 Å². The van der Waals surface area contributed by atoms with E-state index in [-0.39, 0.29) is 17.8 Å². The molecule has 13 aromatic heterocycles. The highest BCUT2D eigenvalue weighted by Crippen LogP contribution is 2.33. The molecule has 0 saturated carbocycles. The number of fused-ring (bicyclic) bond motifs is 7. The minimum Gasteiger partial charge on any atom is -0.464 e. The number of aryl methyl sites for hydroxylation is 2. The number of amides is 1. The highest BCUT2D eigenvalue weighted by atomic mass is 35.5. The second-order valence-corrected chi connectivity index (χ2v) is 37.0. The summed E-state index contributed by atoms with van der Waals surface area (Å²) in [6, 6.07) is 11.7. The van der Waals surface area contributed by atoms with Crippen molar-refractivity contribution in [3.8, 4) is 0 Å². The third-order valence-corrected chi connectivity index (χ3v) is 20.2. The lowest BCUT2D eigenvalue weighted by Crippen LogP contribution is -2.25. The average molecular weight is 1310 g/mol. The van der Waals surface area contributed by atoms with Crippen molar-refractivity contribution < 1.29 is 23.8 Å². The van der Waals surface area contributed by atoms with Gasteiger partial charge in [0.15, 0.2) is 17.0 Å². The summed E-state index contributed by atoms with van der Waals surface area (Å²) in [5, 5.41) is 46.6. The maximum absolute atomic E-state index is 13.2. The highest BCUT2D eigenvalue weighted by molar-refractivity contribution is 7.19. The normalized spacial score (nSPS) is 11.8. The van der Waals surface area contributed by atoms with Crippen LogP contribution in [0.2, 0.25) is 51.4 Å². The van der Waals surface area contributed by atoms with Gasteiger partial charge in [-0.3, -0.25) is 34.9 Å². The van der Waals surface area contributed by atoms with Crippen molar-refractivity contribution in [2.75, 3.05) is 20.3 Å². The quantitative estimate of drug-likeness (QED) is 0.0156. The van der Waals surface area contributed by atoms with E-state index in [1.807, 2.05) is 53.0 Å². The van der Waals surface area contributed by atoms with Crippen molar-refractivity contribution in [3.05, 3.63) is 146 Å². The lowest BCUT2D eigenvalue weighted by Gasteiger charge is -2.15. The van der Waals surface area contributed by atoms with Gasteiger partial charge >= 0.3 is 5.97 Å². The Labute approximate surface area is 529 Å². The van der Waals surface area contributed by atoms with Gasteiger partial charge in [0.1, 0.15) is 34.7 Å². The fraction of sp³-hybridized carbons (Fsp3) is 0.328. The number of carbonyl (C=O) groups excluding carboxylic acids is 2. The molecule has 13 aromatic rings. The number of hydrogen-bond donors (Lipinski definition) is 5. The zero-order chi connectivity index (χ0) is 63.9. The molecule has 468 valence electrons.